The largest absolute Gasteiger partial charge is 0.404 e. The molecule has 0 aliphatic rings. The molecule has 0 radical (unpaired) electrons. The lowest BCUT2D eigenvalue weighted by molar-refractivity contribution is 1.25. The second-order valence-electron chi connectivity index (χ2n) is 7.53. The number of nitrogen functional groups attached to an aromatic ring is 1. The van der Waals surface area contributed by atoms with Crippen molar-refractivity contribution in [1.82, 2.24) is 19.9 Å². The molecule has 0 amide bonds. The van der Waals surface area contributed by atoms with Crippen LogP contribution in [-0.4, -0.2) is 26.2 Å². The molecule has 3 aromatic heterocycles. The monoisotopic (exact) mass is 497 g/mol. The number of benzene rings is 2. The molecule has 5 N–H and O–H groups in total. The van der Waals surface area contributed by atoms with Crippen molar-refractivity contribution in [2.24, 2.45) is 5.73 Å². The van der Waals surface area contributed by atoms with E-state index in [1.165, 1.54) is 6.20 Å². The third-order valence-corrected chi connectivity index (χ3v) is 6.12. The van der Waals surface area contributed by atoms with E-state index >= 15 is 0 Å². The second kappa shape index (κ2) is 10.9. The Morgan fingerprint density at radius 2 is 1.71 bits per heavy atom. The molecule has 5 rings (SSSR count). The number of fused-ring (bicyclic) bond motifs is 1. The number of thiol groups is 1. The van der Waals surface area contributed by atoms with Gasteiger partial charge in [0.1, 0.15) is 0 Å². The van der Waals surface area contributed by atoms with Gasteiger partial charge >= 0.3 is 0 Å². The van der Waals surface area contributed by atoms with E-state index in [9.17, 15) is 0 Å². The average molecular weight is 498 g/mol. The van der Waals surface area contributed by atoms with E-state index in [0.717, 1.165) is 49.5 Å². The number of nitrogens with two attached hydrogens (primary N) is 2. The van der Waals surface area contributed by atoms with Crippen LogP contribution in [0.25, 0.3) is 39.0 Å². The zero-order valence-electron chi connectivity index (χ0n) is 18.9. The minimum absolute atomic E-state index is 0.519. The summed E-state index contributed by atoms with van der Waals surface area (Å²) >= 11 is 5.90. The SMILES string of the molecule is Cc1nc(-c2ccc(S)cc2)cs1.N=C/C(=C\N)c1cnc2ccc(-c3cncc(N)c3)cc2n1. The summed E-state index contributed by atoms with van der Waals surface area (Å²) < 4.78 is 0. The summed E-state index contributed by atoms with van der Waals surface area (Å²) in [7, 11) is 0. The first-order valence-electron chi connectivity index (χ1n) is 10.6. The third kappa shape index (κ3) is 5.89. The molecule has 9 heteroatoms. The van der Waals surface area contributed by atoms with E-state index in [0.29, 0.717) is 17.0 Å². The number of nitrogens with zero attached hydrogens (tertiary/aromatic N) is 4. The maximum atomic E-state index is 7.34. The molecule has 3 heterocycles. The number of aromatic nitrogens is 4. The molecule has 0 bridgehead atoms. The minimum Gasteiger partial charge on any atom is -0.404 e. The van der Waals surface area contributed by atoms with E-state index in [-0.39, 0.29) is 0 Å². The average Bonchev–Trinajstić information content (AvgIpc) is 3.31. The molecule has 0 aliphatic carbocycles. The zero-order chi connectivity index (χ0) is 24.8. The van der Waals surface area contributed by atoms with Crippen LogP contribution in [0.1, 0.15) is 10.7 Å². The van der Waals surface area contributed by atoms with Gasteiger partial charge in [0.25, 0.3) is 0 Å². The Balaban J connectivity index is 0.000000189. The first-order valence-corrected chi connectivity index (χ1v) is 11.9. The second-order valence-corrected chi connectivity index (χ2v) is 9.11. The van der Waals surface area contributed by atoms with E-state index in [1.807, 2.05) is 55.5 Å². The van der Waals surface area contributed by atoms with Crippen molar-refractivity contribution in [2.75, 3.05) is 5.73 Å². The molecular weight excluding hydrogens is 474 g/mol. The summed E-state index contributed by atoms with van der Waals surface area (Å²) in [5.41, 5.74) is 18.5. The Labute approximate surface area is 212 Å². The molecule has 0 aliphatic heterocycles. The van der Waals surface area contributed by atoms with Crippen molar-refractivity contribution >= 4 is 52.5 Å². The van der Waals surface area contributed by atoms with Gasteiger partial charge in [0, 0.05) is 51.8 Å². The minimum atomic E-state index is 0.519. The van der Waals surface area contributed by atoms with Crippen LogP contribution in [0.3, 0.4) is 0 Å². The fourth-order valence-corrected chi connectivity index (χ4v) is 4.05. The highest BCUT2D eigenvalue weighted by Gasteiger charge is 2.06. The molecule has 0 atom stereocenters. The lowest BCUT2D eigenvalue weighted by atomic mass is 10.1. The van der Waals surface area contributed by atoms with Crippen LogP contribution in [0.2, 0.25) is 0 Å². The van der Waals surface area contributed by atoms with E-state index < -0.39 is 0 Å². The Morgan fingerprint density at radius 1 is 0.943 bits per heavy atom. The van der Waals surface area contributed by atoms with Crippen LogP contribution in [0, 0.1) is 12.3 Å². The van der Waals surface area contributed by atoms with Gasteiger partial charge in [-0.3, -0.25) is 9.97 Å². The summed E-state index contributed by atoms with van der Waals surface area (Å²) in [6, 6.07) is 15.6. The van der Waals surface area contributed by atoms with Crippen LogP contribution in [-0.2, 0) is 0 Å². The first kappa shape index (κ1) is 24.1. The van der Waals surface area contributed by atoms with Crippen LogP contribution < -0.4 is 11.5 Å². The summed E-state index contributed by atoms with van der Waals surface area (Å²) in [5, 5.41) is 10.5. The lowest BCUT2D eigenvalue weighted by Crippen LogP contribution is -1.96. The van der Waals surface area contributed by atoms with Crippen molar-refractivity contribution in [1.29, 1.82) is 5.41 Å². The molecule has 35 heavy (non-hydrogen) atoms. The predicted molar refractivity (Wildman–Crippen MR) is 148 cm³/mol. The smallest absolute Gasteiger partial charge is 0.0922 e. The fourth-order valence-electron chi connectivity index (χ4n) is 3.28. The van der Waals surface area contributed by atoms with Gasteiger partial charge in [-0.1, -0.05) is 18.2 Å². The van der Waals surface area contributed by atoms with Gasteiger partial charge in [0.15, 0.2) is 0 Å². The van der Waals surface area contributed by atoms with Crippen molar-refractivity contribution < 1.29 is 0 Å². The van der Waals surface area contributed by atoms with Crippen LogP contribution in [0.5, 0.6) is 0 Å². The molecule has 0 saturated carbocycles. The standard InChI is InChI=1S/C16H14N6.C10H9NS2/c17-5-12(6-18)16-9-21-14-2-1-10(4-15(14)22-16)11-3-13(19)8-20-7-11;1-7-11-10(6-13-7)8-2-4-9(12)5-3-8/h1-9,17H,18-19H2;2-6,12H,1H3/b12-6+,17-5?;. The molecule has 0 unspecified atom stereocenters. The molecular formula is C26H23N7S2. The van der Waals surface area contributed by atoms with Crippen molar-refractivity contribution in [2.45, 2.75) is 11.8 Å². The van der Waals surface area contributed by atoms with Crippen molar-refractivity contribution in [3.63, 3.8) is 0 Å². The first-order chi connectivity index (χ1) is 17.0. The fraction of sp³-hybridized carbons (Fsp3) is 0.0385. The van der Waals surface area contributed by atoms with Crippen molar-refractivity contribution in [3.8, 4) is 22.4 Å². The zero-order valence-corrected chi connectivity index (χ0v) is 20.6. The molecule has 174 valence electrons. The topological polar surface area (TPSA) is 127 Å². The summed E-state index contributed by atoms with van der Waals surface area (Å²) in [5.74, 6) is 0. The molecule has 7 nitrogen and oxygen atoms in total. The van der Waals surface area contributed by atoms with Crippen LogP contribution in [0.4, 0.5) is 5.69 Å². The normalized spacial score (nSPS) is 11.1. The number of pyridine rings is 1. The summed E-state index contributed by atoms with van der Waals surface area (Å²) in [6.45, 7) is 2.02. The third-order valence-electron chi connectivity index (χ3n) is 5.05. The van der Waals surface area contributed by atoms with E-state index in [2.05, 4.69) is 37.9 Å². The highest BCUT2D eigenvalue weighted by Crippen LogP contribution is 2.24. The number of aryl methyl sites for hydroxylation is 1. The molecule has 0 saturated heterocycles. The maximum absolute atomic E-state index is 7.34. The number of allylic oxidation sites excluding steroid dienone is 1. The van der Waals surface area contributed by atoms with Gasteiger partial charge in [-0.15, -0.1) is 24.0 Å². The molecule has 2 aromatic carbocycles. The van der Waals surface area contributed by atoms with Gasteiger partial charge in [0.05, 0.1) is 39.3 Å². The number of hydrogen-bond donors (Lipinski definition) is 4. The van der Waals surface area contributed by atoms with Gasteiger partial charge in [-0.2, -0.15) is 0 Å². The van der Waals surface area contributed by atoms with Gasteiger partial charge in [0.2, 0.25) is 0 Å². The summed E-state index contributed by atoms with van der Waals surface area (Å²) in [4.78, 5) is 18.3. The Kier molecular flexibility index (Phi) is 7.49. The predicted octanol–water partition coefficient (Wildman–Crippen LogP) is 5.63. The lowest BCUT2D eigenvalue weighted by Gasteiger charge is -2.06. The van der Waals surface area contributed by atoms with Gasteiger partial charge in [-0.05, 0) is 42.8 Å². The number of anilines is 1. The highest BCUT2D eigenvalue weighted by molar-refractivity contribution is 7.80. The Bertz CT molecular complexity index is 1510. The van der Waals surface area contributed by atoms with Gasteiger partial charge in [-0.25, -0.2) is 9.97 Å². The quantitative estimate of drug-likeness (QED) is 0.188. The number of nitrogens with one attached hydrogen (secondary N) is 1. The number of thiazole rings is 1. The van der Waals surface area contributed by atoms with Crippen molar-refractivity contribution in [3.05, 3.63) is 89.4 Å². The number of rotatable bonds is 4. The van der Waals surface area contributed by atoms with E-state index in [4.69, 9.17) is 16.9 Å². The van der Waals surface area contributed by atoms with E-state index in [1.54, 1.807) is 29.9 Å². The molecule has 5 aromatic rings. The highest BCUT2D eigenvalue weighted by atomic mass is 32.1. The molecule has 0 fully saturated rings. The summed E-state index contributed by atoms with van der Waals surface area (Å²) in [6.07, 6.45) is 7.45. The number of hydrogen-bond acceptors (Lipinski definition) is 9. The van der Waals surface area contributed by atoms with Crippen LogP contribution >= 0.6 is 24.0 Å². The Hall–Kier alpha value is -4.08. The Morgan fingerprint density at radius 3 is 2.37 bits per heavy atom. The maximum Gasteiger partial charge on any atom is 0.0922 e. The molecule has 0 spiro atoms. The van der Waals surface area contributed by atoms with Gasteiger partial charge < -0.3 is 16.9 Å². The van der Waals surface area contributed by atoms with Crippen LogP contribution in [0.15, 0.2) is 83.6 Å².